The largest absolute Gasteiger partial charge is 0.405 e. The Labute approximate surface area is 182 Å². The molecule has 8 nitrogen and oxygen atoms in total. The average molecular weight is 469 g/mol. The zero-order chi connectivity index (χ0) is 23.7. The van der Waals surface area contributed by atoms with E-state index in [1.165, 1.54) is 12.1 Å². The topological polar surface area (TPSA) is 117 Å². The van der Waals surface area contributed by atoms with E-state index in [9.17, 15) is 26.7 Å². The molecule has 0 bridgehead atoms. The molecule has 0 aliphatic carbocycles. The molecule has 0 unspecified atom stereocenters. The van der Waals surface area contributed by atoms with Gasteiger partial charge in [-0.25, -0.2) is 18.4 Å². The van der Waals surface area contributed by atoms with Crippen molar-refractivity contribution in [1.29, 1.82) is 0 Å². The maximum absolute atomic E-state index is 12.8. The van der Waals surface area contributed by atoms with E-state index in [1.54, 1.807) is 38.1 Å². The first-order valence-corrected chi connectivity index (χ1v) is 11.4. The van der Waals surface area contributed by atoms with E-state index in [4.69, 9.17) is 0 Å². The predicted molar refractivity (Wildman–Crippen MR) is 115 cm³/mol. The van der Waals surface area contributed by atoms with Crippen molar-refractivity contribution in [2.45, 2.75) is 30.5 Å². The summed E-state index contributed by atoms with van der Waals surface area (Å²) in [6, 6.07) is 9.23. The molecule has 0 radical (unpaired) electrons. The smallest absolute Gasteiger partial charge is 0.389 e. The molecule has 3 rings (SSSR count). The van der Waals surface area contributed by atoms with E-state index in [0.717, 1.165) is 6.26 Å². The molecule has 0 aliphatic heterocycles. The molecule has 0 fully saturated rings. The maximum atomic E-state index is 12.8. The zero-order valence-electron chi connectivity index (χ0n) is 17.5. The van der Waals surface area contributed by atoms with E-state index in [0.29, 0.717) is 11.3 Å². The summed E-state index contributed by atoms with van der Waals surface area (Å²) in [4.78, 5) is 12.8. The fourth-order valence-corrected chi connectivity index (χ4v) is 3.41. The Balaban J connectivity index is 2.08. The number of aromatic nitrogens is 3. The molecule has 172 valence electrons. The lowest BCUT2D eigenvalue weighted by Crippen LogP contribution is -2.30. The van der Waals surface area contributed by atoms with Gasteiger partial charge in [-0.15, -0.1) is 0 Å². The number of alkyl halides is 3. The Hall–Kier alpha value is -2.99. The van der Waals surface area contributed by atoms with Crippen LogP contribution in [0.2, 0.25) is 0 Å². The summed E-state index contributed by atoms with van der Waals surface area (Å²) in [5.41, 5.74) is 0.0842. The predicted octanol–water partition coefficient (Wildman–Crippen LogP) is 3.25. The average Bonchev–Trinajstić information content (AvgIpc) is 2.68. The van der Waals surface area contributed by atoms with Crippen LogP contribution in [0.15, 0.2) is 41.3 Å². The van der Waals surface area contributed by atoms with Gasteiger partial charge in [0.05, 0.1) is 21.7 Å². The van der Waals surface area contributed by atoms with E-state index in [2.05, 4.69) is 25.6 Å². The molecule has 12 heteroatoms. The highest BCUT2D eigenvalue weighted by atomic mass is 32.2. The fourth-order valence-electron chi connectivity index (χ4n) is 2.74. The van der Waals surface area contributed by atoms with Crippen LogP contribution < -0.4 is 10.6 Å². The van der Waals surface area contributed by atoms with Crippen molar-refractivity contribution in [3.63, 3.8) is 0 Å². The Kier molecular flexibility index (Phi) is 6.29. The number of nitrogens with zero attached hydrogens (tertiary/aromatic N) is 3. The summed E-state index contributed by atoms with van der Waals surface area (Å²) in [5.74, 6) is -0.121. The Morgan fingerprint density at radius 3 is 2.34 bits per heavy atom. The van der Waals surface area contributed by atoms with E-state index < -0.39 is 28.2 Å². The SMILES string of the molecule is CC(C)(O)CNc1nc(NCC(F)(F)F)c2nc(-c3cccc(S(C)(=O)=O)c3)ccc2n1. The molecule has 3 aromatic rings. The Morgan fingerprint density at radius 2 is 1.72 bits per heavy atom. The maximum Gasteiger partial charge on any atom is 0.405 e. The summed E-state index contributed by atoms with van der Waals surface area (Å²) in [7, 11) is -3.45. The Morgan fingerprint density at radius 1 is 1.00 bits per heavy atom. The third-order valence-corrected chi connectivity index (χ3v) is 5.35. The van der Waals surface area contributed by atoms with Gasteiger partial charge in [-0.3, -0.25) is 0 Å². The normalized spacial score (nSPS) is 12.7. The molecule has 3 N–H and O–H groups in total. The Bertz CT molecular complexity index is 1240. The first kappa shape index (κ1) is 23.7. The molecule has 32 heavy (non-hydrogen) atoms. The highest BCUT2D eigenvalue weighted by Gasteiger charge is 2.27. The number of rotatable bonds is 7. The van der Waals surface area contributed by atoms with Crippen LogP contribution in [0.25, 0.3) is 22.3 Å². The number of pyridine rings is 1. The van der Waals surface area contributed by atoms with E-state index in [1.807, 2.05) is 0 Å². The number of aliphatic hydroxyl groups is 1. The number of nitrogens with one attached hydrogen (secondary N) is 2. The number of halogens is 3. The van der Waals surface area contributed by atoms with Crippen molar-refractivity contribution < 1.29 is 26.7 Å². The number of benzene rings is 1. The van der Waals surface area contributed by atoms with Gasteiger partial charge in [0, 0.05) is 18.4 Å². The highest BCUT2D eigenvalue weighted by Crippen LogP contribution is 2.27. The first-order valence-electron chi connectivity index (χ1n) is 9.47. The molecule has 0 amide bonds. The molecule has 0 atom stereocenters. The molecule has 0 aliphatic rings. The van der Waals surface area contributed by atoms with Gasteiger partial charge in [-0.2, -0.15) is 18.2 Å². The van der Waals surface area contributed by atoms with Crippen LogP contribution in [0.4, 0.5) is 24.9 Å². The second-order valence-electron chi connectivity index (χ2n) is 7.89. The molecule has 2 heterocycles. The van der Waals surface area contributed by atoms with Crippen LogP contribution in [0.5, 0.6) is 0 Å². The minimum atomic E-state index is -4.49. The minimum Gasteiger partial charge on any atom is -0.389 e. The first-order chi connectivity index (χ1) is 14.7. The number of hydrogen-bond acceptors (Lipinski definition) is 8. The summed E-state index contributed by atoms with van der Waals surface area (Å²) >= 11 is 0. The summed E-state index contributed by atoms with van der Waals surface area (Å²) in [6.45, 7) is 1.85. The van der Waals surface area contributed by atoms with Gasteiger partial charge < -0.3 is 15.7 Å². The van der Waals surface area contributed by atoms with Gasteiger partial charge in [0.25, 0.3) is 0 Å². The number of fused-ring (bicyclic) bond motifs is 1. The van der Waals surface area contributed by atoms with Crippen LogP contribution in [-0.4, -0.2) is 59.6 Å². The summed E-state index contributed by atoms with van der Waals surface area (Å²) < 4.78 is 62.1. The number of sulfone groups is 1. The molecule has 0 saturated heterocycles. The van der Waals surface area contributed by atoms with Gasteiger partial charge in [0.1, 0.15) is 12.1 Å². The van der Waals surface area contributed by atoms with Crippen molar-refractivity contribution in [2.75, 3.05) is 30.0 Å². The molecule has 0 saturated carbocycles. The highest BCUT2D eigenvalue weighted by molar-refractivity contribution is 7.90. The van der Waals surface area contributed by atoms with Gasteiger partial charge >= 0.3 is 6.18 Å². The van der Waals surface area contributed by atoms with Crippen molar-refractivity contribution in [2.24, 2.45) is 0 Å². The lowest BCUT2D eigenvalue weighted by molar-refractivity contribution is -0.115. The molecular formula is C20H22F3N5O3S. The van der Waals surface area contributed by atoms with Crippen molar-refractivity contribution in [3.05, 3.63) is 36.4 Å². The van der Waals surface area contributed by atoms with E-state index in [-0.39, 0.29) is 34.2 Å². The van der Waals surface area contributed by atoms with Gasteiger partial charge in [0.2, 0.25) is 5.95 Å². The molecule has 0 spiro atoms. The second-order valence-corrected chi connectivity index (χ2v) is 9.91. The van der Waals surface area contributed by atoms with Crippen LogP contribution in [0.1, 0.15) is 13.8 Å². The van der Waals surface area contributed by atoms with Gasteiger partial charge in [-0.1, -0.05) is 12.1 Å². The molecular weight excluding hydrogens is 447 g/mol. The van der Waals surface area contributed by atoms with Gasteiger partial charge in [0.15, 0.2) is 15.7 Å². The standard InChI is InChI=1S/C20H22F3N5O3S/c1-19(2,29)10-25-18-27-15-8-7-14(12-5-4-6-13(9-12)32(3,30)31)26-16(15)17(28-18)24-11-20(21,22)23/h4-9,29H,10-11H2,1-3H3,(H2,24,25,27,28). The minimum absolute atomic E-state index is 0.0259. The molecule has 2 aromatic heterocycles. The van der Waals surface area contributed by atoms with Crippen LogP contribution >= 0.6 is 0 Å². The zero-order valence-corrected chi connectivity index (χ0v) is 18.3. The quantitative estimate of drug-likeness (QED) is 0.483. The van der Waals surface area contributed by atoms with E-state index >= 15 is 0 Å². The fraction of sp³-hybridized carbons (Fsp3) is 0.350. The van der Waals surface area contributed by atoms with Crippen molar-refractivity contribution in [1.82, 2.24) is 15.0 Å². The van der Waals surface area contributed by atoms with Gasteiger partial charge in [-0.05, 0) is 38.1 Å². The lowest BCUT2D eigenvalue weighted by atomic mass is 10.1. The second kappa shape index (κ2) is 8.51. The van der Waals surface area contributed by atoms with Crippen molar-refractivity contribution >= 4 is 32.6 Å². The molecule has 1 aromatic carbocycles. The third kappa shape index (κ3) is 6.26. The monoisotopic (exact) mass is 469 g/mol. The summed E-state index contributed by atoms with van der Waals surface area (Å²) in [6.07, 6.45) is -3.41. The van der Waals surface area contributed by atoms with Crippen LogP contribution in [0.3, 0.4) is 0 Å². The number of hydrogen-bond donors (Lipinski definition) is 3. The van der Waals surface area contributed by atoms with Crippen LogP contribution in [0, 0.1) is 0 Å². The third-order valence-electron chi connectivity index (χ3n) is 4.24. The van der Waals surface area contributed by atoms with Crippen molar-refractivity contribution in [3.8, 4) is 11.3 Å². The number of anilines is 2. The van der Waals surface area contributed by atoms with Crippen LogP contribution in [-0.2, 0) is 9.84 Å². The summed E-state index contributed by atoms with van der Waals surface area (Å²) in [5, 5.41) is 14.9. The lowest BCUT2D eigenvalue weighted by Gasteiger charge is -2.18.